The van der Waals surface area contributed by atoms with E-state index in [9.17, 15) is 4.79 Å². The van der Waals surface area contributed by atoms with Gasteiger partial charge in [0.2, 0.25) is 5.78 Å². The van der Waals surface area contributed by atoms with Gasteiger partial charge in [0.15, 0.2) is 0 Å². The molecule has 0 atom stereocenters. The fourth-order valence-corrected chi connectivity index (χ4v) is 2.04. The first-order chi connectivity index (χ1) is 7.18. The minimum atomic E-state index is -0.205. The molecular formula is C10H5Cl2NOS. The first-order valence-corrected chi connectivity index (χ1v) is 5.76. The number of aromatic nitrogens is 1. The van der Waals surface area contributed by atoms with Crippen LogP contribution in [0.2, 0.25) is 10.0 Å². The summed E-state index contributed by atoms with van der Waals surface area (Å²) in [6.07, 6.45) is 0. The highest BCUT2D eigenvalue weighted by atomic mass is 35.5. The molecule has 0 unspecified atom stereocenters. The number of ketones is 1. The zero-order valence-corrected chi connectivity index (χ0v) is 9.73. The predicted molar refractivity (Wildman–Crippen MR) is 62.0 cm³/mol. The summed E-state index contributed by atoms with van der Waals surface area (Å²) in [5.41, 5.74) is 2.38. The van der Waals surface area contributed by atoms with Crippen molar-refractivity contribution in [2.75, 3.05) is 0 Å². The van der Waals surface area contributed by atoms with Crippen molar-refractivity contribution in [1.29, 1.82) is 0 Å². The Hall–Kier alpha value is -0.900. The second-order valence-corrected chi connectivity index (χ2v) is 4.39. The number of benzene rings is 1. The lowest BCUT2D eigenvalue weighted by molar-refractivity contribution is 0.103. The van der Waals surface area contributed by atoms with Crippen LogP contribution in [0.3, 0.4) is 0 Å². The van der Waals surface area contributed by atoms with E-state index in [0.29, 0.717) is 21.3 Å². The Bertz CT molecular complexity index is 496. The zero-order chi connectivity index (χ0) is 10.8. The molecule has 0 spiro atoms. The van der Waals surface area contributed by atoms with E-state index >= 15 is 0 Å². The number of carbonyl (C=O) groups is 1. The van der Waals surface area contributed by atoms with E-state index < -0.39 is 0 Å². The molecule has 0 amide bonds. The van der Waals surface area contributed by atoms with Gasteiger partial charge < -0.3 is 0 Å². The third-order valence-electron chi connectivity index (χ3n) is 1.84. The van der Waals surface area contributed by atoms with Crippen LogP contribution in [0.25, 0.3) is 0 Å². The molecule has 2 nitrogen and oxygen atoms in total. The van der Waals surface area contributed by atoms with Crippen LogP contribution in [0.15, 0.2) is 29.1 Å². The standard InChI is InChI=1S/C10H5Cl2NOS/c11-6-1-2-8(12)7(3-6)10(14)9-4-15-5-13-9/h1-5H. The van der Waals surface area contributed by atoms with E-state index in [4.69, 9.17) is 23.2 Å². The molecule has 1 aromatic heterocycles. The SMILES string of the molecule is O=C(c1cscn1)c1cc(Cl)ccc1Cl. The molecule has 0 saturated heterocycles. The average Bonchev–Trinajstić information content (AvgIpc) is 2.74. The van der Waals surface area contributed by atoms with Gasteiger partial charge >= 0.3 is 0 Å². The molecule has 0 N–H and O–H groups in total. The third-order valence-corrected chi connectivity index (χ3v) is 2.99. The highest BCUT2D eigenvalue weighted by Crippen LogP contribution is 2.23. The van der Waals surface area contributed by atoms with E-state index in [2.05, 4.69) is 4.98 Å². The van der Waals surface area contributed by atoms with Crippen molar-refractivity contribution in [2.24, 2.45) is 0 Å². The molecule has 0 saturated carbocycles. The normalized spacial score (nSPS) is 10.3. The fourth-order valence-electron chi connectivity index (χ4n) is 1.13. The number of hydrogen-bond donors (Lipinski definition) is 0. The van der Waals surface area contributed by atoms with Crippen LogP contribution in [0, 0.1) is 0 Å². The van der Waals surface area contributed by atoms with Crippen LogP contribution < -0.4 is 0 Å². The second kappa shape index (κ2) is 4.31. The Morgan fingerprint density at radius 2 is 2.13 bits per heavy atom. The van der Waals surface area contributed by atoms with Crippen molar-refractivity contribution >= 4 is 40.3 Å². The lowest BCUT2D eigenvalue weighted by atomic mass is 10.1. The van der Waals surface area contributed by atoms with Gasteiger partial charge in [-0.2, -0.15) is 0 Å². The van der Waals surface area contributed by atoms with Crippen LogP contribution in [0.1, 0.15) is 16.1 Å². The Morgan fingerprint density at radius 1 is 1.33 bits per heavy atom. The highest BCUT2D eigenvalue weighted by Gasteiger charge is 2.14. The van der Waals surface area contributed by atoms with Crippen LogP contribution in [-0.4, -0.2) is 10.8 Å². The Morgan fingerprint density at radius 3 is 2.80 bits per heavy atom. The van der Waals surface area contributed by atoms with Crippen LogP contribution in [0.5, 0.6) is 0 Å². The van der Waals surface area contributed by atoms with Gasteiger partial charge in [-0.25, -0.2) is 4.98 Å². The molecule has 1 aromatic carbocycles. The Labute approximate surface area is 100 Å². The fraction of sp³-hybridized carbons (Fsp3) is 0. The number of rotatable bonds is 2. The first-order valence-electron chi connectivity index (χ1n) is 4.06. The maximum Gasteiger partial charge on any atom is 0.213 e. The maximum absolute atomic E-state index is 11.9. The van der Waals surface area contributed by atoms with E-state index in [1.54, 1.807) is 29.1 Å². The molecule has 0 aliphatic carbocycles. The summed E-state index contributed by atoms with van der Waals surface area (Å²) < 4.78 is 0. The zero-order valence-electron chi connectivity index (χ0n) is 7.41. The average molecular weight is 258 g/mol. The Kier molecular flexibility index (Phi) is 3.05. The van der Waals surface area contributed by atoms with E-state index in [0.717, 1.165) is 0 Å². The van der Waals surface area contributed by atoms with E-state index in [1.165, 1.54) is 11.3 Å². The molecule has 15 heavy (non-hydrogen) atoms. The van der Waals surface area contributed by atoms with Crippen molar-refractivity contribution in [2.45, 2.75) is 0 Å². The van der Waals surface area contributed by atoms with Gasteiger partial charge in [-0.3, -0.25) is 4.79 Å². The van der Waals surface area contributed by atoms with Crippen molar-refractivity contribution in [3.8, 4) is 0 Å². The summed E-state index contributed by atoms with van der Waals surface area (Å²) in [7, 11) is 0. The van der Waals surface area contributed by atoms with Crippen molar-refractivity contribution in [1.82, 2.24) is 4.98 Å². The van der Waals surface area contributed by atoms with Crippen LogP contribution in [-0.2, 0) is 0 Å². The van der Waals surface area contributed by atoms with Crippen molar-refractivity contribution in [3.63, 3.8) is 0 Å². The lowest BCUT2D eigenvalue weighted by Gasteiger charge is -2.01. The number of nitrogens with zero attached hydrogens (tertiary/aromatic N) is 1. The van der Waals surface area contributed by atoms with E-state index in [1.807, 2.05) is 0 Å². The topological polar surface area (TPSA) is 30.0 Å². The minimum Gasteiger partial charge on any atom is -0.287 e. The number of halogens is 2. The number of hydrogen-bond acceptors (Lipinski definition) is 3. The molecule has 5 heteroatoms. The summed E-state index contributed by atoms with van der Waals surface area (Å²) in [6.45, 7) is 0. The van der Waals surface area contributed by atoms with Crippen LogP contribution in [0.4, 0.5) is 0 Å². The first kappa shape index (κ1) is 10.6. The summed E-state index contributed by atoms with van der Waals surface area (Å²) in [5.74, 6) is -0.205. The monoisotopic (exact) mass is 257 g/mol. The number of thiazole rings is 1. The van der Waals surface area contributed by atoms with E-state index in [-0.39, 0.29) is 5.78 Å². The number of carbonyl (C=O) groups excluding carboxylic acids is 1. The molecular weight excluding hydrogens is 253 g/mol. The molecule has 0 bridgehead atoms. The summed E-state index contributed by atoms with van der Waals surface area (Å²) >= 11 is 13.1. The second-order valence-electron chi connectivity index (χ2n) is 2.83. The summed E-state index contributed by atoms with van der Waals surface area (Å²) in [5, 5.41) is 2.55. The van der Waals surface area contributed by atoms with Crippen LogP contribution >= 0.6 is 34.5 Å². The Balaban J connectivity index is 2.46. The quantitative estimate of drug-likeness (QED) is 0.769. The predicted octanol–water partition coefficient (Wildman–Crippen LogP) is 3.68. The van der Waals surface area contributed by atoms with Gasteiger partial charge in [0.1, 0.15) is 5.69 Å². The van der Waals surface area contributed by atoms with Crippen molar-refractivity contribution < 1.29 is 4.79 Å². The maximum atomic E-state index is 11.9. The highest BCUT2D eigenvalue weighted by molar-refractivity contribution is 7.07. The third kappa shape index (κ3) is 2.20. The lowest BCUT2D eigenvalue weighted by Crippen LogP contribution is -2.02. The van der Waals surface area contributed by atoms with Gasteiger partial charge in [-0.05, 0) is 18.2 Å². The molecule has 0 aliphatic rings. The largest absolute Gasteiger partial charge is 0.287 e. The molecule has 0 aliphatic heterocycles. The summed E-state index contributed by atoms with van der Waals surface area (Å²) in [4.78, 5) is 15.8. The smallest absolute Gasteiger partial charge is 0.213 e. The molecule has 76 valence electrons. The minimum absolute atomic E-state index is 0.205. The molecule has 1 heterocycles. The molecule has 2 rings (SSSR count). The van der Waals surface area contributed by atoms with Gasteiger partial charge in [-0.15, -0.1) is 11.3 Å². The van der Waals surface area contributed by atoms with Gasteiger partial charge in [-0.1, -0.05) is 23.2 Å². The molecule has 0 radical (unpaired) electrons. The molecule has 0 fully saturated rings. The van der Waals surface area contributed by atoms with Gasteiger partial charge in [0, 0.05) is 16.0 Å². The van der Waals surface area contributed by atoms with Gasteiger partial charge in [0.05, 0.1) is 10.5 Å². The van der Waals surface area contributed by atoms with Gasteiger partial charge in [0.25, 0.3) is 0 Å². The molecule has 2 aromatic rings. The van der Waals surface area contributed by atoms with Crippen molar-refractivity contribution in [3.05, 3.63) is 50.4 Å². The summed E-state index contributed by atoms with van der Waals surface area (Å²) in [6, 6.07) is 4.79.